The highest BCUT2D eigenvalue weighted by molar-refractivity contribution is 7.89. The Labute approximate surface area is 147 Å². The third kappa shape index (κ3) is 3.67. The smallest absolute Gasteiger partial charge is 0.255 e. The van der Waals surface area contributed by atoms with Gasteiger partial charge in [0.2, 0.25) is 10.0 Å². The lowest BCUT2D eigenvalue weighted by atomic mass is 10.1. The van der Waals surface area contributed by atoms with Crippen LogP contribution in [0, 0.1) is 6.92 Å². The van der Waals surface area contributed by atoms with Gasteiger partial charge in [0.1, 0.15) is 0 Å². The van der Waals surface area contributed by atoms with E-state index in [4.69, 9.17) is 5.73 Å². The van der Waals surface area contributed by atoms with Gasteiger partial charge in [0, 0.05) is 30.0 Å². The minimum absolute atomic E-state index is 0.214. The van der Waals surface area contributed by atoms with Gasteiger partial charge in [-0.1, -0.05) is 6.07 Å². The van der Waals surface area contributed by atoms with E-state index in [2.05, 4.69) is 5.32 Å². The molecule has 6 nitrogen and oxygen atoms in total. The van der Waals surface area contributed by atoms with Crippen molar-refractivity contribution in [3.63, 3.8) is 0 Å². The molecule has 1 aliphatic heterocycles. The maximum Gasteiger partial charge on any atom is 0.255 e. The molecule has 0 unspecified atom stereocenters. The number of anilines is 2. The van der Waals surface area contributed by atoms with Crippen molar-refractivity contribution in [1.29, 1.82) is 0 Å². The summed E-state index contributed by atoms with van der Waals surface area (Å²) in [6, 6.07) is 11.3. The van der Waals surface area contributed by atoms with Gasteiger partial charge in [-0.3, -0.25) is 4.79 Å². The van der Waals surface area contributed by atoms with E-state index in [0.29, 0.717) is 30.0 Å². The molecule has 0 aromatic heterocycles. The van der Waals surface area contributed by atoms with Gasteiger partial charge >= 0.3 is 0 Å². The predicted molar refractivity (Wildman–Crippen MR) is 98.0 cm³/mol. The van der Waals surface area contributed by atoms with Crippen LogP contribution in [0.2, 0.25) is 0 Å². The second-order valence-electron chi connectivity index (χ2n) is 6.16. The second-order valence-corrected chi connectivity index (χ2v) is 8.10. The summed E-state index contributed by atoms with van der Waals surface area (Å²) in [4.78, 5) is 12.6. The molecule has 0 bridgehead atoms. The Hall–Kier alpha value is -2.38. The van der Waals surface area contributed by atoms with E-state index in [9.17, 15) is 13.2 Å². The van der Waals surface area contributed by atoms with E-state index in [1.54, 1.807) is 12.1 Å². The Balaban J connectivity index is 1.78. The first-order valence-electron chi connectivity index (χ1n) is 8.15. The molecule has 0 saturated carbocycles. The van der Waals surface area contributed by atoms with Crippen molar-refractivity contribution in [2.75, 3.05) is 24.1 Å². The topological polar surface area (TPSA) is 92.5 Å². The largest absolute Gasteiger partial charge is 0.399 e. The molecule has 0 aliphatic carbocycles. The summed E-state index contributed by atoms with van der Waals surface area (Å²) in [5, 5.41) is 2.80. The van der Waals surface area contributed by atoms with Crippen molar-refractivity contribution in [1.82, 2.24) is 4.31 Å². The Morgan fingerprint density at radius 1 is 1.08 bits per heavy atom. The summed E-state index contributed by atoms with van der Waals surface area (Å²) in [5.41, 5.74) is 8.24. The molecular weight excluding hydrogens is 338 g/mol. The van der Waals surface area contributed by atoms with Crippen LogP contribution in [0.4, 0.5) is 11.4 Å². The molecule has 1 saturated heterocycles. The monoisotopic (exact) mass is 359 g/mol. The molecular formula is C18H21N3O3S. The fourth-order valence-corrected chi connectivity index (χ4v) is 4.34. The van der Waals surface area contributed by atoms with Gasteiger partial charge in [-0.15, -0.1) is 0 Å². The van der Waals surface area contributed by atoms with Gasteiger partial charge in [0.15, 0.2) is 0 Å². The van der Waals surface area contributed by atoms with Crippen LogP contribution in [0.1, 0.15) is 28.8 Å². The zero-order valence-electron chi connectivity index (χ0n) is 14.0. The van der Waals surface area contributed by atoms with Crippen LogP contribution < -0.4 is 11.1 Å². The molecule has 7 heteroatoms. The summed E-state index contributed by atoms with van der Waals surface area (Å²) in [6.07, 6.45) is 1.78. The molecule has 25 heavy (non-hydrogen) atoms. The predicted octanol–water partition coefficient (Wildman–Crippen LogP) is 2.61. The summed E-state index contributed by atoms with van der Waals surface area (Å²) in [5.74, 6) is -0.307. The zero-order chi connectivity index (χ0) is 18.0. The number of nitrogens with two attached hydrogens (primary N) is 1. The number of nitrogen functional groups attached to an aromatic ring is 1. The average Bonchev–Trinajstić information content (AvgIpc) is 3.13. The lowest BCUT2D eigenvalue weighted by molar-refractivity contribution is 0.102. The summed E-state index contributed by atoms with van der Waals surface area (Å²) >= 11 is 0. The van der Waals surface area contributed by atoms with Crippen LogP contribution >= 0.6 is 0 Å². The van der Waals surface area contributed by atoms with E-state index in [1.807, 2.05) is 13.0 Å². The molecule has 3 rings (SSSR count). The molecule has 0 radical (unpaired) electrons. The SMILES string of the molecule is Cc1ccc(N)cc1NC(=O)c1ccc(S(=O)(=O)N2CCCC2)cc1. The number of nitrogens with zero attached hydrogens (tertiary/aromatic N) is 1. The van der Waals surface area contributed by atoms with Crippen molar-refractivity contribution in [2.45, 2.75) is 24.7 Å². The summed E-state index contributed by atoms with van der Waals surface area (Å²) in [6.45, 7) is 2.99. The van der Waals surface area contributed by atoms with E-state index in [1.165, 1.54) is 28.6 Å². The van der Waals surface area contributed by atoms with Gasteiger partial charge in [-0.05, 0) is 61.7 Å². The molecule has 1 heterocycles. The minimum Gasteiger partial charge on any atom is -0.399 e. The fourth-order valence-electron chi connectivity index (χ4n) is 2.82. The number of amides is 1. The molecule has 0 atom stereocenters. The molecule has 2 aromatic carbocycles. The Morgan fingerprint density at radius 2 is 1.72 bits per heavy atom. The molecule has 1 amide bonds. The standard InChI is InChI=1S/C18H21N3O3S/c1-13-4-7-15(19)12-17(13)20-18(22)14-5-8-16(9-6-14)25(23,24)21-10-2-3-11-21/h4-9,12H,2-3,10-11,19H2,1H3,(H,20,22). The highest BCUT2D eigenvalue weighted by Crippen LogP contribution is 2.22. The lowest BCUT2D eigenvalue weighted by Gasteiger charge is -2.15. The first-order valence-corrected chi connectivity index (χ1v) is 9.59. The quantitative estimate of drug-likeness (QED) is 0.821. The first kappa shape index (κ1) is 17.4. The molecule has 1 fully saturated rings. The van der Waals surface area contributed by atoms with Crippen LogP contribution in [0.5, 0.6) is 0 Å². The highest BCUT2D eigenvalue weighted by Gasteiger charge is 2.27. The normalized spacial score (nSPS) is 15.2. The second kappa shape index (κ2) is 6.85. The van der Waals surface area contributed by atoms with Gasteiger partial charge in [-0.25, -0.2) is 8.42 Å². The third-order valence-electron chi connectivity index (χ3n) is 4.33. The van der Waals surface area contributed by atoms with Gasteiger partial charge in [0.25, 0.3) is 5.91 Å². The number of carbonyl (C=O) groups is 1. The van der Waals surface area contributed by atoms with Crippen molar-refractivity contribution in [3.8, 4) is 0 Å². The maximum absolute atomic E-state index is 12.5. The van der Waals surface area contributed by atoms with E-state index >= 15 is 0 Å². The van der Waals surface area contributed by atoms with Gasteiger partial charge in [-0.2, -0.15) is 4.31 Å². The minimum atomic E-state index is -3.47. The number of benzene rings is 2. The van der Waals surface area contributed by atoms with E-state index < -0.39 is 10.0 Å². The van der Waals surface area contributed by atoms with Crippen molar-refractivity contribution >= 4 is 27.3 Å². The number of hydrogen-bond donors (Lipinski definition) is 2. The van der Waals surface area contributed by atoms with Crippen molar-refractivity contribution < 1.29 is 13.2 Å². The van der Waals surface area contributed by atoms with Crippen LogP contribution in [0.3, 0.4) is 0 Å². The third-order valence-corrected chi connectivity index (χ3v) is 6.24. The van der Waals surface area contributed by atoms with Crippen LogP contribution in [-0.2, 0) is 10.0 Å². The number of nitrogens with one attached hydrogen (secondary N) is 1. The number of aryl methyl sites for hydroxylation is 1. The maximum atomic E-state index is 12.5. The van der Waals surface area contributed by atoms with E-state index in [-0.39, 0.29) is 10.8 Å². The van der Waals surface area contributed by atoms with Crippen LogP contribution in [0.15, 0.2) is 47.4 Å². The number of rotatable bonds is 4. The summed E-state index contributed by atoms with van der Waals surface area (Å²) in [7, 11) is -3.47. The molecule has 0 spiro atoms. The number of sulfonamides is 1. The summed E-state index contributed by atoms with van der Waals surface area (Å²) < 4.78 is 26.5. The van der Waals surface area contributed by atoms with Gasteiger partial charge in [0.05, 0.1) is 4.90 Å². The van der Waals surface area contributed by atoms with Crippen LogP contribution in [0.25, 0.3) is 0 Å². The zero-order valence-corrected chi connectivity index (χ0v) is 14.8. The first-order chi connectivity index (χ1) is 11.9. The molecule has 132 valence electrons. The fraction of sp³-hybridized carbons (Fsp3) is 0.278. The lowest BCUT2D eigenvalue weighted by Crippen LogP contribution is -2.27. The molecule has 1 aliphatic rings. The van der Waals surface area contributed by atoms with Crippen molar-refractivity contribution in [3.05, 3.63) is 53.6 Å². The number of carbonyl (C=O) groups excluding carboxylic acids is 1. The Bertz CT molecular complexity index is 886. The Morgan fingerprint density at radius 3 is 2.36 bits per heavy atom. The number of hydrogen-bond acceptors (Lipinski definition) is 4. The molecule has 2 aromatic rings. The van der Waals surface area contributed by atoms with E-state index in [0.717, 1.165) is 18.4 Å². The highest BCUT2D eigenvalue weighted by atomic mass is 32.2. The van der Waals surface area contributed by atoms with Crippen molar-refractivity contribution in [2.24, 2.45) is 0 Å². The molecule has 3 N–H and O–H groups in total. The van der Waals surface area contributed by atoms with Crippen LogP contribution in [-0.4, -0.2) is 31.7 Å². The average molecular weight is 359 g/mol. The Kier molecular flexibility index (Phi) is 4.78. The van der Waals surface area contributed by atoms with Gasteiger partial charge < -0.3 is 11.1 Å².